The van der Waals surface area contributed by atoms with Crippen LogP contribution in [-0.4, -0.2) is 31.7 Å². The molecule has 0 spiro atoms. The highest BCUT2D eigenvalue weighted by molar-refractivity contribution is 7.80. The highest BCUT2D eigenvalue weighted by Crippen LogP contribution is 2.38. The molecule has 6 nitrogen and oxygen atoms in total. The maximum Gasteiger partial charge on any atom is 0.187 e. The molecule has 0 aliphatic carbocycles. The third-order valence-corrected chi connectivity index (χ3v) is 8.55. The summed E-state index contributed by atoms with van der Waals surface area (Å²) in [4.78, 5) is 0. The fourth-order valence-corrected chi connectivity index (χ4v) is 6.50. The van der Waals surface area contributed by atoms with Crippen LogP contribution < -0.4 is 11.5 Å². The third-order valence-electron chi connectivity index (χ3n) is 8.18. The maximum atomic E-state index is 6.17. The molecule has 206 valence electrons. The Hall–Kier alpha value is -4.66. The van der Waals surface area contributed by atoms with E-state index in [4.69, 9.17) is 46.1 Å². The van der Waals surface area contributed by atoms with E-state index in [0.717, 1.165) is 33.7 Å². The number of hydrazone groups is 2. The lowest BCUT2D eigenvalue weighted by molar-refractivity contribution is 0.368. The van der Waals surface area contributed by atoms with E-state index in [2.05, 4.69) is 97.1 Å². The molecule has 0 aromatic heterocycles. The first kappa shape index (κ1) is 26.3. The number of benzene rings is 5. The Morgan fingerprint density at radius 1 is 0.548 bits per heavy atom. The average Bonchev–Trinajstić information content (AvgIpc) is 3.67. The standard InChI is InChI=1S/C34H28N6S2/c35-33(41)39-31(19-29(37-39)27-13-5-9-21-7-1-3-11-25(21)27)23-15-17-24(18-16-23)32-20-30(38-40(32)34(36)42)28-14-6-10-22-8-2-4-12-26(22)28/h1-18,31-32H,19-20H2,(H2,35,41)(H2,36,42). The van der Waals surface area contributed by atoms with E-state index in [9.17, 15) is 0 Å². The Morgan fingerprint density at radius 3 is 1.33 bits per heavy atom. The van der Waals surface area contributed by atoms with Gasteiger partial charge in [0.1, 0.15) is 0 Å². The number of thiocarbonyl (C=S) groups is 2. The average molecular weight is 585 g/mol. The molecule has 0 fully saturated rings. The zero-order valence-electron chi connectivity index (χ0n) is 22.7. The largest absolute Gasteiger partial charge is 0.375 e. The van der Waals surface area contributed by atoms with Crippen LogP contribution in [0.5, 0.6) is 0 Å². The van der Waals surface area contributed by atoms with Crippen LogP contribution in [0.2, 0.25) is 0 Å². The van der Waals surface area contributed by atoms with Crippen LogP contribution in [0.15, 0.2) is 119 Å². The summed E-state index contributed by atoms with van der Waals surface area (Å²) in [6.45, 7) is 0. The van der Waals surface area contributed by atoms with E-state index in [1.54, 1.807) is 10.0 Å². The highest BCUT2D eigenvalue weighted by Gasteiger charge is 2.33. The second-order valence-electron chi connectivity index (χ2n) is 10.6. The Bertz CT molecular complexity index is 1780. The molecule has 5 aromatic carbocycles. The molecule has 2 aliphatic rings. The van der Waals surface area contributed by atoms with Gasteiger partial charge >= 0.3 is 0 Å². The van der Waals surface area contributed by atoms with Crippen LogP contribution in [0.25, 0.3) is 21.5 Å². The van der Waals surface area contributed by atoms with Crippen molar-refractivity contribution < 1.29 is 0 Å². The topological polar surface area (TPSA) is 83.2 Å². The minimum absolute atomic E-state index is 0.0942. The van der Waals surface area contributed by atoms with E-state index in [-0.39, 0.29) is 22.3 Å². The van der Waals surface area contributed by atoms with Gasteiger partial charge in [-0.2, -0.15) is 10.2 Å². The van der Waals surface area contributed by atoms with Crippen molar-refractivity contribution in [2.45, 2.75) is 24.9 Å². The van der Waals surface area contributed by atoms with Crippen LogP contribution in [0.1, 0.15) is 47.2 Å². The highest BCUT2D eigenvalue weighted by atomic mass is 32.1. The molecule has 42 heavy (non-hydrogen) atoms. The van der Waals surface area contributed by atoms with Gasteiger partial charge in [-0.1, -0.05) is 109 Å². The summed E-state index contributed by atoms with van der Waals surface area (Å²) < 4.78 is 0. The van der Waals surface area contributed by atoms with Gasteiger partial charge in [0, 0.05) is 24.0 Å². The molecule has 2 heterocycles. The predicted molar refractivity (Wildman–Crippen MR) is 179 cm³/mol. The fourth-order valence-electron chi connectivity index (χ4n) is 6.17. The molecule has 2 unspecified atom stereocenters. The van der Waals surface area contributed by atoms with E-state index < -0.39 is 0 Å². The van der Waals surface area contributed by atoms with Gasteiger partial charge in [0.2, 0.25) is 0 Å². The zero-order chi connectivity index (χ0) is 28.8. The van der Waals surface area contributed by atoms with E-state index in [1.807, 2.05) is 12.1 Å². The number of fused-ring (bicyclic) bond motifs is 2. The minimum atomic E-state index is -0.0942. The minimum Gasteiger partial charge on any atom is -0.375 e. The van der Waals surface area contributed by atoms with Gasteiger partial charge in [-0.3, -0.25) is 0 Å². The van der Waals surface area contributed by atoms with Crippen LogP contribution in [-0.2, 0) is 0 Å². The number of nitrogens with two attached hydrogens (primary N) is 2. The van der Waals surface area contributed by atoms with Crippen molar-refractivity contribution in [1.29, 1.82) is 0 Å². The molecule has 0 saturated carbocycles. The Labute approximate surface area is 254 Å². The van der Waals surface area contributed by atoms with Crippen molar-refractivity contribution in [3.63, 3.8) is 0 Å². The normalized spacial score (nSPS) is 18.4. The van der Waals surface area contributed by atoms with Crippen LogP contribution in [0, 0.1) is 0 Å². The monoisotopic (exact) mass is 584 g/mol. The van der Waals surface area contributed by atoms with Crippen LogP contribution in [0.3, 0.4) is 0 Å². The summed E-state index contributed by atoms with van der Waals surface area (Å²) >= 11 is 10.9. The van der Waals surface area contributed by atoms with Crippen molar-refractivity contribution in [1.82, 2.24) is 10.0 Å². The van der Waals surface area contributed by atoms with Gasteiger partial charge in [-0.25, -0.2) is 10.0 Å². The van der Waals surface area contributed by atoms with Gasteiger partial charge < -0.3 is 11.5 Å². The molecular formula is C34H28N6S2. The molecule has 2 atom stereocenters. The quantitative estimate of drug-likeness (QED) is 0.227. The first-order valence-corrected chi connectivity index (χ1v) is 14.7. The second-order valence-corrected chi connectivity index (χ2v) is 11.5. The van der Waals surface area contributed by atoms with Crippen molar-refractivity contribution in [2.75, 3.05) is 0 Å². The molecule has 7 rings (SSSR count). The summed E-state index contributed by atoms with van der Waals surface area (Å²) in [6, 6.07) is 37.6. The van der Waals surface area contributed by atoms with Crippen LogP contribution >= 0.6 is 24.4 Å². The Balaban J connectivity index is 1.17. The molecule has 0 saturated heterocycles. The lowest BCUT2D eigenvalue weighted by Gasteiger charge is -2.24. The number of nitrogens with zero attached hydrogens (tertiary/aromatic N) is 4. The van der Waals surface area contributed by atoms with Crippen molar-refractivity contribution in [2.24, 2.45) is 21.7 Å². The predicted octanol–water partition coefficient (Wildman–Crippen LogP) is 6.78. The van der Waals surface area contributed by atoms with Crippen molar-refractivity contribution in [3.8, 4) is 0 Å². The molecule has 4 N–H and O–H groups in total. The van der Waals surface area contributed by atoms with Gasteiger partial charge in [-0.15, -0.1) is 0 Å². The van der Waals surface area contributed by atoms with Crippen LogP contribution in [0.4, 0.5) is 0 Å². The summed E-state index contributed by atoms with van der Waals surface area (Å²) in [5.41, 5.74) is 18.6. The van der Waals surface area contributed by atoms with Crippen molar-refractivity contribution in [3.05, 3.63) is 131 Å². The van der Waals surface area contributed by atoms with Gasteiger partial charge in [0.05, 0.1) is 23.5 Å². The lowest BCUT2D eigenvalue weighted by Crippen LogP contribution is -2.32. The molecule has 5 aromatic rings. The van der Waals surface area contributed by atoms with E-state index in [0.29, 0.717) is 12.8 Å². The SMILES string of the molecule is NC(=S)N1N=C(c2cccc3ccccc23)CC1c1ccc(C2CC(c3cccc4ccccc34)=NN2C(N)=S)cc1. The molecule has 8 heteroatoms. The molecular weight excluding hydrogens is 557 g/mol. The molecule has 2 aliphatic heterocycles. The molecule has 0 radical (unpaired) electrons. The van der Waals surface area contributed by atoms with Gasteiger partial charge in [-0.05, 0) is 57.1 Å². The third kappa shape index (κ3) is 4.58. The van der Waals surface area contributed by atoms with Crippen molar-refractivity contribution >= 4 is 67.6 Å². The number of hydrogen-bond donors (Lipinski definition) is 2. The molecule has 0 bridgehead atoms. The smallest absolute Gasteiger partial charge is 0.187 e. The summed E-state index contributed by atoms with van der Waals surface area (Å²) in [5.74, 6) is 0. The number of rotatable bonds is 4. The zero-order valence-corrected chi connectivity index (χ0v) is 24.4. The maximum absolute atomic E-state index is 6.17. The Morgan fingerprint density at radius 2 is 0.929 bits per heavy atom. The first-order chi connectivity index (χ1) is 20.5. The number of hydrogen-bond acceptors (Lipinski definition) is 4. The lowest BCUT2D eigenvalue weighted by atomic mass is 9.92. The van der Waals surface area contributed by atoms with Gasteiger partial charge in [0.25, 0.3) is 0 Å². The first-order valence-electron chi connectivity index (χ1n) is 13.9. The van der Waals surface area contributed by atoms with Gasteiger partial charge in [0.15, 0.2) is 10.2 Å². The Kier molecular flexibility index (Phi) is 6.64. The van der Waals surface area contributed by atoms with E-state index in [1.165, 1.54) is 21.5 Å². The summed E-state index contributed by atoms with van der Waals surface area (Å²) in [6.07, 6.45) is 1.39. The van der Waals surface area contributed by atoms with E-state index >= 15 is 0 Å². The fraction of sp³-hybridized carbons (Fsp3) is 0.118. The summed E-state index contributed by atoms with van der Waals surface area (Å²) in [5, 5.41) is 18.5. The summed E-state index contributed by atoms with van der Waals surface area (Å²) in [7, 11) is 0. The molecule has 0 amide bonds. The second kappa shape index (κ2) is 10.6.